The van der Waals surface area contributed by atoms with E-state index in [4.69, 9.17) is 15.3 Å². The van der Waals surface area contributed by atoms with Crippen LogP contribution in [-0.2, 0) is 13.0 Å². The van der Waals surface area contributed by atoms with E-state index >= 15 is 0 Å². The Kier molecular flexibility index (Phi) is 5.13. The van der Waals surface area contributed by atoms with Gasteiger partial charge in [-0.05, 0) is 18.6 Å². The van der Waals surface area contributed by atoms with E-state index in [2.05, 4.69) is 10.4 Å². The molecule has 0 spiro atoms. The molecule has 0 fully saturated rings. The fraction of sp³-hybridized carbons (Fsp3) is 0.286. The normalized spacial score (nSPS) is 10.2. The van der Waals surface area contributed by atoms with Crippen molar-refractivity contribution in [2.75, 3.05) is 7.11 Å². The number of nitrogens with zero attached hydrogens (tertiary/aromatic N) is 1. The lowest BCUT2D eigenvalue weighted by molar-refractivity contribution is 0.0956. The van der Waals surface area contributed by atoms with Crippen LogP contribution in [0.3, 0.4) is 0 Å². The molecule has 2 aromatic rings. The first-order chi connectivity index (χ1) is 10.2. The molecule has 0 atom stereocenters. The van der Waals surface area contributed by atoms with Crippen molar-refractivity contribution >= 4 is 17.2 Å². The van der Waals surface area contributed by atoms with Gasteiger partial charge in [0.15, 0.2) is 11.5 Å². The highest BCUT2D eigenvalue weighted by atomic mass is 32.1. The lowest BCUT2D eigenvalue weighted by Gasteiger charge is -2.08. The molecule has 0 saturated carbocycles. The van der Waals surface area contributed by atoms with E-state index in [-0.39, 0.29) is 12.5 Å². The van der Waals surface area contributed by atoms with Crippen LogP contribution >= 0.6 is 11.3 Å². The van der Waals surface area contributed by atoms with Crippen molar-refractivity contribution in [2.45, 2.75) is 20.0 Å². The van der Waals surface area contributed by atoms with E-state index in [1.54, 1.807) is 7.11 Å². The molecule has 3 N–H and O–H groups in total. The highest BCUT2D eigenvalue weighted by Gasteiger charge is 2.16. The third-order valence-electron chi connectivity index (χ3n) is 2.83. The van der Waals surface area contributed by atoms with Crippen LogP contribution in [0.1, 0.15) is 27.3 Å². The van der Waals surface area contributed by atoms with Crippen LogP contribution in [0.5, 0.6) is 11.5 Å². The second-order valence-corrected chi connectivity index (χ2v) is 5.23. The minimum atomic E-state index is -0.326. The van der Waals surface area contributed by atoms with Crippen LogP contribution in [0.4, 0.5) is 0 Å². The minimum Gasteiger partial charge on any atom is -0.493 e. The average Bonchev–Trinajstić information content (AvgIpc) is 2.95. The van der Waals surface area contributed by atoms with Crippen molar-refractivity contribution < 1.29 is 14.3 Å². The largest absolute Gasteiger partial charge is 0.493 e. The third-order valence-corrected chi connectivity index (χ3v) is 3.90. The number of benzene rings is 1. The number of hydrogen-bond acceptors (Lipinski definition) is 6. The molecule has 0 unspecified atom stereocenters. The SMILES string of the molecule is CCc1nc(COc2ccccc2OC)sc1C(=O)NN. The van der Waals surface area contributed by atoms with Gasteiger partial charge in [-0.1, -0.05) is 19.1 Å². The lowest BCUT2D eigenvalue weighted by Crippen LogP contribution is -2.30. The molecule has 0 aliphatic heterocycles. The van der Waals surface area contributed by atoms with E-state index in [0.29, 0.717) is 22.8 Å². The summed E-state index contributed by atoms with van der Waals surface area (Å²) in [5, 5.41) is 0.719. The fourth-order valence-corrected chi connectivity index (χ4v) is 2.79. The second-order valence-electron chi connectivity index (χ2n) is 4.15. The fourth-order valence-electron chi connectivity index (χ4n) is 1.82. The molecule has 0 aliphatic rings. The highest BCUT2D eigenvalue weighted by Crippen LogP contribution is 2.27. The Bertz CT molecular complexity index is 628. The number of nitrogens with two attached hydrogens (primary N) is 1. The van der Waals surface area contributed by atoms with Gasteiger partial charge >= 0.3 is 0 Å². The van der Waals surface area contributed by atoms with Crippen molar-refractivity contribution in [2.24, 2.45) is 5.84 Å². The zero-order valence-corrected chi connectivity index (χ0v) is 12.7. The van der Waals surface area contributed by atoms with Crippen LogP contribution < -0.4 is 20.7 Å². The molecule has 1 heterocycles. The molecule has 2 rings (SSSR count). The number of nitrogens with one attached hydrogen (secondary N) is 1. The summed E-state index contributed by atoms with van der Waals surface area (Å²) >= 11 is 1.28. The van der Waals surface area contributed by atoms with Crippen LogP contribution in [0, 0.1) is 0 Å². The van der Waals surface area contributed by atoms with E-state index in [9.17, 15) is 4.79 Å². The number of carbonyl (C=O) groups excluding carboxylic acids is 1. The first-order valence-electron chi connectivity index (χ1n) is 6.44. The number of rotatable bonds is 6. The Morgan fingerprint density at radius 3 is 2.71 bits per heavy atom. The third kappa shape index (κ3) is 3.50. The summed E-state index contributed by atoms with van der Waals surface area (Å²) in [5.41, 5.74) is 2.86. The Morgan fingerprint density at radius 2 is 2.10 bits per heavy atom. The van der Waals surface area contributed by atoms with E-state index in [0.717, 1.165) is 10.7 Å². The van der Waals surface area contributed by atoms with Crippen molar-refractivity contribution in [1.29, 1.82) is 0 Å². The number of nitrogen functional groups attached to an aromatic ring is 1. The molecule has 0 aliphatic carbocycles. The molecule has 7 heteroatoms. The summed E-state index contributed by atoms with van der Waals surface area (Å²) in [5.74, 6) is 6.14. The molecule has 21 heavy (non-hydrogen) atoms. The molecule has 0 saturated heterocycles. The van der Waals surface area contributed by atoms with Crippen LogP contribution in [0.2, 0.25) is 0 Å². The van der Waals surface area contributed by atoms with Gasteiger partial charge in [-0.25, -0.2) is 10.8 Å². The quantitative estimate of drug-likeness (QED) is 0.483. The minimum absolute atomic E-state index is 0.274. The summed E-state index contributed by atoms with van der Waals surface area (Å²) in [6.45, 7) is 2.21. The lowest BCUT2D eigenvalue weighted by atomic mass is 10.3. The number of aromatic nitrogens is 1. The molecule has 0 radical (unpaired) electrons. The van der Waals surface area contributed by atoms with E-state index in [1.165, 1.54) is 11.3 Å². The maximum Gasteiger partial charge on any atom is 0.277 e. The molecule has 1 aromatic carbocycles. The van der Waals surface area contributed by atoms with Crippen molar-refractivity contribution in [1.82, 2.24) is 10.4 Å². The first-order valence-corrected chi connectivity index (χ1v) is 7.26. The number of aryl methyl sites for hydroxylation is 1. The standard InChI is InChI=1S/C14H17N3O3S/c1-3-9-13(14(18)17-15)21-12(16-9)8-20-11-7-5-4-6-10(11)19-2/h4-7H,3,8,15H2,1-2H3,(H,17,18). The number of methoxy groups -OCH3 is 1. The van der Waals surface area contributed by atoms with Gasteiger partial charge in [-0.2, -0.15) is 0 Å². The van der Waals surface area contributed by atoms with Crippen molar-refractivity contribution in [3.63, 3.8) is 0 Å². The Morgan fingerprint density at radius 1 is 1.38 bits per heavy atom. The van der Waals surface area contributed by atoms with Crippen molar-refractivity contribution in [3.05, 3.63) is 39.8 Å². The number of hydrazine groups is 1. The highest BCUT2D eigenvalue weighted by molar-refractivity contribution is 7.13. The predicted octanol–water partition coefficient (Wildman–Crippen LogP) is 1.90. The maximum atomic E-state index is 11.7. The van der Waals surface area contributed by atoms with E-state index < -0.39 is 0 Å². The van der Waals surface area contributed by atoms with Crippen LogP contribution in [0.15, 0.2) is 24.3 Å². The molecule has 6 nitrogen and oxygen atoms in total. The first kappa shape index (κ1) is 15.3. The van der Waals surface area contributed by atoms with Gasteiger partial charge in [0.2, 0.25) is 0 Å². The maximum absolute atomic E-state index is 11.7. The smallest absolute Gasteiger partial charge is 0.277 e. The molecule has 1 amide bonds. The number of carbonyl (C=O) groups is 1. The van der Waals surface area contributed by atoms with Gasteiger partial charge in [-0.3, -0.25) is 10.2 Å². The van der Waals surface area contributed by atoms with Gasteiger partial charge in [0, 0.05) is 0 Å². The summed E-state index contributed by atoms with van der Waals surface area (Å²) in [6, 6.07) is 7.38. The number of thiazole rings is 1. The number of amides is 1. The molecule has 1 aromatic heterocycles. The second kappa shape index (κ2) is 7.05. The van der Waals surface area contributed by atoms with Crippen LogP contribution in [-0.4, -0.2) is 18.0 Å². The zero-order chi connectivity index (χ0) is 15.2. The van der Waals surface area contributed by atoms with Gasteiger partial charge in [-0.15, -0.1) is 11.3 Å². The number of para-hydroxylation sites is 2. The Balaban J connectivity index is 2.13. The molecule has 0 bridgehead atoms. The summed E-state index contributed by atoms with van der Waals surface area (Å²) < 4.78 is 10.9. The Labute approximate surface area is 126 Å². The average molecular weight is 307 g/mol. The topological polar surface area (TPSA) is 86.5 Å². The molecular formula is C14H17N3O3S. The summed E-state index contributed by atoms with van der Waals surface area (Å²) in [7, 11) is 1.59. The Hall–Kier alpha value is -2.12. The molecule has 112 valence electrons. The predicted molar refractivity (Wildman–Crippen MR) is 80.5 cm³/mol. The van der Waals surface area contributed by atoms with Gasteiger partial charge < -0.3 is 9.47 Å². The zero-order valence-electron chi connectivity index (χ0n) is 11.9. The monoisotopic (exact) mass is 307 g/mol. The van der Waals surface area contributed by atoms with Gasteiger partial charge in [0.05, 0.1) is 12.8 Å². The van der Waals surface area contributed by atoms with E-state index in [1.807, 2.05) is 31.2 Å². The number of hydrogen-bond donors (Lipinski definition) is 2. The summed E-state index contributed by atoms with van der Waals surface area (Å²) in [6.07, 6.45) is 0.661. The summed E-state index contributed by atoms with van der Waals surface area (Å²) in [4.78, 5) is 16.6. The van der Waals surface area contributed by atoms with Gasteiger partial charge in [0.1, 0.15) is 16.5 Å². The molecular weight excluding hydrogens is 290 g/mol. The van der Waals surface area contributed by atoms with Crippen molar-refractivity contribution in [3.8, 4) is 11.5 Å². The van der Waals surface area contributed by atoms with Gasteiger partial charge in [0.25, 0.3) is 5.91 Å². The number of ether oxygens (including phenoxy) is 2. The van der Waals surface area contributed by atoms with Crippen LogP contribution in [0.25, 0.3) is 0 Å².